The first kappa shape index (κ1) is 14.0. The first-order valence-electron chi connectivity index (χ1n) is 6.87. The van der Waals surface area contributed by atoms with Crippen LogP contribution >= 0.6 is 0 Å². The van der Waals surface area contributed by atoms with Crippen molar-refractivity contribution in [1.82, 2.24) is 0 Å². The molecule has 1 aromatic carbocycles. The molecular formula is C16H21NO2. The van der Waals surface area contributed by atoms with Crippen LogP contribution in [0.5, 0.6) is 0 Å². The van der Waals surface area contributed by atoms with Gasteiger partial charge < -0.3 is 9.47 Å². The van der Waals surface area contributed by atoms with Crippen molar-refractivity contribution in [3.8, 4) is 6.07 Å². The van der Waals surface area contributed by atoms with Crippen LogP contribution in [0.4, 0.5) is 0 Å². The molecule has 3 nitrogen and oxygen atoms in total. The summed E-state index contributed by atoms with van der Waals surface area (Å²) in [6, 6.07) is 7.91. The van der Waals surface area contributed by atoms with Crippen molar-refractivity contribution in [2.45, 2.75) is 51.4 Å². The predicted octanol–water partition coefficient (Wildman–Crippen LogP) is 3.34. The molecule has 0 radical (unpaired) electrons. The lowest BCUT2D eigenvalue weighted by Crippen LogP contribution is -2.27. The molecule has 0 bridgehead atoms. The molecule has 0 heterocycles. The zero-order valence-corrected chi connectivity index (χ0v) is 11.7. The lowest BCUT2D eigenvalue weighted by atomic mass is 9.95. The number of nitriles is 1. The fourth-order valence-electron chi connectivity index (χ4n) is 2.60. The minimum absolute atomic E-state index is 0.300. The molecule has 3 heteroatoms. The Balaban J connectivity index is 1.90. The molecule has 2 rings (SSSR count). The maximum atomic E-state index is 8.85. The number of benzene rings is 1. The van der Waals surface area contributed by atoms with Gasteiger partial charge in [-0.05, 0) is 55.9 Å². The number of methoxy groups -OCH3 is 1. The molecule has 0 aromatic heterocycles. The van der Waals surface area contributed by atoms with Crippen LogP contribution in [0.3, 0.4) is 0 Å². The van der Waals surface area contributed by atoms with Crippen LogP contribution in [0.15, 0.2) is 18.2 Å². The van der Waals surface area contributed by atoms with Crippen molar-refractivity contribution in [3.63, 3.8) is 0 Å². The topological polar surface area (TPSA) is 42.2 Å². The van der Waals surface area contributed by atoms with E-state index in [2.05, 4.69) is 6.07 Å². The van der Waals surface area contributed by atoms with Gasteiger partial charge in [-0.15, -0.1) is 0 Å². The molecule has 1 aliphatic carbocycles. The Morgan fingerprint density at radius 3 is 2.79 bits per heavy atom. The summed E-state index contributed by atoms with van der Waals surface area (Å²) in [5.41, 5.74) is 3.00. The maximum Gasteiger partial charge on any atom is 0.0991 e. The molecule has 0 spiro atoms. The monoisotopic (exact) mass is 259 g/mol. The highest BCUT2D eigenvalue weighted by Gasteiger charge is 2.22. The zero-order chi connectivity index (χ0) is 13.7. The number of ether oxygens (including phenoxy) is 2. The van der Waals surface area contributed by atoms with Gasteiger partial charge in [-0.25, -0.2) is 0 Å². The molecule has 2 atom stereocenters. The van der Waals surface area contributed by atoms with Gasteiger partial charge >= 0.3 is 0 Å². The van der Waals surface area contributed by atoms with Crippen LogP contribution in [0.2, 0.25) is 0 Å². The van der Waals surface area contributed by atoms with Gasteiger partial charge in [0, 0.05) is 7.11 Å². The summed E-state index contributed by atoms with van der Waals surface area (Å²) in [4.78, 5) is 0. The van der Waals surface area contributed by atoms with Crippen molar-refractivity contribution in [3.05, 3.63) is 34.9 Å². The normalized spacial score (nSPS) is 23.0. The van der Waals surface area contributed by atoms with Crippen LogP contribution < -0.4 is 0 Å². The van der Waals surface area contributed by atoms with E-state index in [9.17, 15) is 0 Å². The predicted molar refractivity (Wildman–Crippen MR) is 73.7 cm³/mol. The molecule has 0 N–H and O–H groups in total. The van der Waals surface area contributed by atoms with Gasteiger partial charge in [0.1, 0.15) is 0 Å². The Kier molecular flexibility index (Phi) is 4.95. The van der Waals surface area contributed by atoms with Gasteiger partial charge in [-0.1, -0.05) is 6.07 Å². The number of hydrogen-bond donors (Lipinski definition) is 0. The second-order valence-electron chi connectivity index (χ2n) is 5.21. The van der Waals surface area contributed by atoms with Crippen molar-refractivity contribution in [1.29, 1.82) is 5.26 Å². The second kappa shape index (κ2) is 6.70. The van der Waals surface area contributed by atoms with Crippen molar-refractivity contribution in [2.75, 3.05) is 7.11 Å². The average molecular weight is 259 g/mol. The van der Waals surface area contributed by atoms with Crippen LogP contribution in [0, 0.1) is 18.3 Å². The third-order valence-electron chi connectivity index (χ3n) is 3.86. The first-order chi connectivity index (χ1) is 9.22. The van der Waals surface area contributed by atoms with Crippen molar-refractivity contribution >= 4 is 0 Å². The summed E-state index contributed by atoms with van der Waals surface area (Å²) in [5.74, 6) is 0. The molecule has 2 unspecified atom stereocenters. The molecule has 1 aliphatic rings. The van der Waals surface area contributed by atoms with Crippen LogP contribution in [-0.4, -0.2) is 19.3 Å². The van der Waals surface area contributed by atoms with E-state index >= 15 is 0 Å². The number of aryl methyl sites for hydroxylation is 1. The molecule has 1 aromatic rings. The Morgan fingerprint density at radius 2 is 2.11 bits per heavy atom. The van der Waals surface area contributed by atoms with E-state index in [0.29, 0.717) is 24.4 Å². The minimum Gasteiger partial charge on any atom is -0.381 e. The van der Waals surface area contributed by atoms with E-state index < -0.39 is 0 Å². The largest absolute Gasteiger partial charge is 0.381 e. The molecule has 102 valence electrons. The molecule has 1 fully saturated rings. The maximum absolute atomic E-state index is 8.85. The third kappa shape index (κ3) is 3.79. The molecular weight excluding hydrogens is 238 g/mol. The highest BCUT2D eigenvalue weighted by molar-refractivity contribution is 5.37. The smallest absolute Gasteiger partial charge is 0.0991 e. The fourth-order valence-corrected chi connectivity index (χ4v) is 2.60. The molecule has 19 heavy (non-hydrogen) atoms. The van der Waals surface area contributed by atoms with Gasteiger partial charge in [0.25, 0.3) is 0 Å². The average Bonchev–Trinajstić information content (AvgIpc) is 2.46. The number of hydrogen-bond acceptors (Lipinski definition) is 3. The van der Waals surface area contributed by atoms with E-state index in [0.717, 1.165) is 24.8 Å². The van der Waals surface area contributed by atoms with Crippen LogP contribution in [-0.2, 0) is 16.1 Å². The molecule has 0 amide bonds. The highest BCUT2D eigenvalue weighted by Crippen LogP contribution is 2.24. The Labute approximate surface area is 115 Å². The number of nitrogens with zero attached hydrogens (tertiary/aromatic N) is 1. The Hall–Kier alpha value is -1.37. The molecule has 0 saturated heterocycles. The van der Waals surface area contributed by atoms with Gasteiger partial charge in [0.15, 0.2) is 0 Å². The summed E-state index contributed by atoms with van der Waals surface area (Å²) < 4.78 is 11.4. The third-order valence-corrected chi connectivity index (χ3v) is 3.86. The Morgan fingerprint density at radius 1 is 1.32 bits per heavy atom. The summed E-state index contributed by atoms with van der Waals surface area (Å²) in [6.45, 7) is 2.65. The van der Waals surface area contributed by atoms with Crippen LogP contribution in [0.25, 0.3) is 0 Å². The van der Waals surface area contributed by atoms with E-state index in [1.807, 2.05) is 25.1 Å². The van der Waals surface area contributed by atoms with Gasteiger partial charge in [-0.3, -0.25) is 0 Å². The highest BCUT2D eigenvalue weighted by atomic mass is 16.5. The van der Waals surface area contributed by atoms with E-state index in [-0.39, 0.29) is 0 Å². The van der Waals surface area contributed by atoms with Crippen molar-refractivity contribution in [2.24, 2.45) is 0 Å². The standard InChI is InChI=1S/C16H21NO2/c1-12-8-13(10-17)6-7-14(12)11-19-16-5-3-4-15(9-16)18-2/h6-8,15-16H,3-5,9,11H2,1-2H3. The quantitative estimate of drug-likeness (QED) is 0.832. The minimum atomic E-state index is 0.300. The van der Waals surface area contributed by atoms with Gasteiger partial charge in [0.05, 0.1) is 30.4 Å². The lowest BCUT2D eigenvalue weighted by molar-refractivity contribution is -0.0364. The lowest BCUT2D eigenvalue weighted by Gasteiger charge is -2.28. The van der Waals surface area contributed by atoms with Gasteiger partial charge in [0.2, 0.25) is 0 Å². The van der Waals surface area contributed by atoms with Crippen LogP contribution in [0.1, 0.15) is 42.4 Å². The van der Waals surface area contributed by atoms with E-state index in [1.54, 1.807) is 7.11 Å². The van der Waals surface area contributed by atoms with E-state index in [4.69, 9.17) is 14.7 Å². The van der Waals surface area contributed by atoms with E-state index in [1.165, 1.54) is 12.0 Å². The van der Waals surface area contributed by atoms with Gasteiger partial charge in [-0.2, -0.15) is 5.26 Å². The van der Waals surface area contributed by atoms with Crippen molar-refractivity contribution < 1.29 is 9.47 Å². The zero-order valence-electron chi connectivity index (χ0n) is 11.7. The summed E-state index contributed by atoms with van der Waals surface area (Å²) in [7, 11) is 1.78. The molecule has 1 saturated carbocycles. The molecule has 0 aliphatic heterocycles. The fraction of sp³-hybridized carbons (Fsp3) is 0.562. The summed E-state index contributed by atoms with van der Waals surface area (Å²) in [5, 5.41) is 8.85. The second-order valence-corrected chi connectivity index (χ2v) is 5.21. The SMILES string of the molecule is COC1CCCC(OCc2ccc(C#N)cc2C)C1. The number of rotatable bonds is 4. The Bertz CT molecular complexity index is 464. The summed E-state index contributed by atoms with van der Waals surface area (Å²) in [6.07, 6.45) is 5.08. The first-order valence-corrected chi connectivity index (χ1v) is 6.87. The summed E-state index contributed by atoms with van der Waals surface area (Å²) >= 11 is 0.